The second-order valence-electron chi connectivity index (χ2n) is 5.09. The van der Waals surface area contributed by atoms with Gasteiger partial charge in [0.25, 0.3) is 0 Å². The first-order chi connectivity index (χ1) is 9.31. The molecule has 1 amide bonds. The lowest BCUT2D eigenvalue weighted by atomic mass is 10.1. The van der Waals surface area contributed by atoms with Crippen LogP contribution in [0.5, 0.6) is 0 Å². The van der Waals surface area contributed by atoms with E-state index in [1.54, 1.807) is 12.4 Å². The van der Waals surface area contributed by atoms with Gasteiger partial charge >= 0.3 is 0 Å². The molecule has 1 aliphatic rings. The van der Waals surface area contributed by atoms with E-state index in [0.717, 1.165) is 38.9 Å². The summed E-state index contributed by atoms with van der Waals surface area (Å²) < 4.78 is 0. The predicted octanol–water partition coefficient (Wildman–Crippen LogP) is 1.61. The van der Waals surface area contributed by atoms with Crippen LogP contribution in [0.2, 0.25) is 0 Å². The van der Waals surface area contributed by atoms with Gasteiger partial charge in [0.2, 0.25) is 5.91 Å². The minimum atomic E-state index is 0.285. The van der Waals surface area contributed by atoms with Crippen molar-refractivity contribution in [2.75, 3.05) is 19.6 Å². The highest BCUT2D eigenvalue weighted by molar-refractivity contribution is 5.76. The first-order valence-corrected chi connectivity index (χ1v) is 7.20. The van der Waals surface area contributed by atoms with Gasteiger partial charge in [-0.1, -0.05) is 6.92 Å². The Kier molecular flexibility index (Phi) is 5.33. The van der Waals surface area contributed by atoms with E-state index in [2.05, 4.69) is 22.1 Å². The van der Waals surface area contributed by atoms with E-state index in [0.29, 0.717) is 12.5 Å². The fourth-order valence-corrected chi connectivity index (χ4v) is 2.60. The van der Waals surface area contributed by atoms with Gasteiger partial charge in [-0.05, 0) is 43.5 Å². The Morgan fingerprint density at radius 3 is 2.89 bits per heavy atom. The number of carbonyl (C=O) groups excluding carboxylic acids is 1. The number of carbonyl (C=O) groups is 1. The predicted molar refractivity (Wildman–Crippen MR) is 75.8 cm³/mol. The van der Waals surface area contributed by atoms with E-state index in [4.69, 9.17) is 0 Å². The molecule has 1 fully saturated rings. The molecule has 2 rings (SSSR count). The number of pyridine rings is 1. The number of nitrogens with one attached hydrogen (secondary N) is 1. The molecular weight excluding hydrogens is 238 g/mol. The van der Waals surface area contributed by atoms with Crippen molar-refractivity contribution in [3.05, 3.63) is 30.1 Å². The minimum absolute atomic E-state index is 0.285. The molecule has 0 aliphatic carbocycles. The number of aryl methyl sites for hydroxylation is 1. The van der Waals surface area contributed by atoms with Crippen LogP contribution in [0.3, 0.4) is 0 Å². The summed E-state index contributed by atoms with van der Waals surface area (Å²) in [5, 5.41) is 3.34. The molecule has 0 radical (unpaired) electrons. The number of rotatable bonds is 6. The summed E-state index contributed by atoms with van der Waals surface area (Å²) in [5.74, 6) is 0.285. The summed E-state index contributed by atoms with van der Waals surface area (Å²) in [5.41, 5.74) is 1.18. The maximum absolute atomic E-state index is 12.4. The average molecular weight is 261 g/mol. The Hall–Kier alpha value is -1.42. The zero-order chi connectivity index (χ0) is 13.5. The number of nitrogens with zero attached hydrogens (tertiary/aromatic N) is 2. The zero-order valence-corrected chi connectivity index (χ0v) is 11.6. The largest absolute Gasteiger partial charge is 0.338 e. The van der Waals surface area contributed by atoms with Crippen LogP contribution in [0.4, 0.5) is 0 Å². The molecule has 19 heavy (non-hydrogen) atoms. The van der Waals surface area contributed by atoms with E-state index >= 15 is 0 Å². The van der Waals surface area contributed by atoms with Crippen LogP contribution in [0.15, 0.2) is 24.5 Å². The Balaban J connectivity index is 1.88. The van der Waals surface area contributed by atoms with Gasteiger partial charge in [0, 0.05) is 37.9 Å². The number of amides is 1. The van der Waals surface area contributed by atoms with Crippen molar-refractivity contribution in [3.63, 3.8) is 0 Å². The van der Waals surface area contributed by atoms with Crippen LogP contribution in [0.25, 0.3) is 0 Å². The highest BCUT2D eigenvalue weighted by atomic mass is 16.2. The number of hydrogen-bond acceptors (Lipinski definition) is 3. The zero-order valence-electron chi connectivity index (χ0n) is 11.6. The summed E-state index contributed by atoms with van der Waals surface area (Å²) in [6.07, 6.45) is 7.08. The van der Waals surface area contributed by atoms with E-state index < -0.39 is 0 Å². The first-order valence-electron chi connectivity index (χ1n) is 7.20. The van der Waals surface area contributed by atoms with Gasteiger partial charge in [0.15, 0.2) is 0 Å². The maximum Gasteiger partial charge on any atom is 0.223 e. The van der Waals surface area contributed by atoms with Crippen LogP contribution in [-0.2, 0) is 11.2 Å². The first kappa shape index (κ1) is 14.0. The average Bonchev–Trinajstić information content (AvgIpc) is 2.97. The van der Waals surface area contributed by atoms with Crippen molar-refractivity contribution < 1.29 is 4.79 Å². The lowest BCUT2D eigenvalue weighted by Crippen LogP contribution is -2.42. The van der Waals surface area contributed by atoms with Crippen LogP contribution >= 0.6 is 0 Å². The minimum Gasteiger partial charge on any atom is -0.338 e. The molecule has 4 heteroatoms. The van der Waals surface area contributed by atoms with Crippen molar-refractivity contribution in [2.45, 2.75) is 38.6 Å². The summed E-state index contributed by atoms with van der Waals surface area (Å²) in [6.45, 7) is 4.98. The monoisotopic (exact) mass is 261 g/mol. The molecule has 1 atom stereocenters. The molecule has 1 aromatic heterocycles. The number of aromatic nitrogens is 1. The molecule has 2 heterocycles. The quantitative estimate of drug-likeness (QED) is 0.846. The highest BCUT2D eigenvalue weighted by Gasteiger charge is 2.25. The number of hydrogen-bond donors (Lipinski definition) is 1. The summed E-state index contributed by atoms with van der Waals surface area (Å²) in [4.78, 5) is 18.4. The van der Waals surface area contributed by atoms with E-state index in [1.807, 2.05) is 12.1 Å². The van der Waals surface area contributed by atoms with Gasteiger partial charge in [-0.2, -0.15) is 0 Å². The van der Waals surface area contributed by atoms with E-state index in [1.165, 1.54) is 5.56 Å². The molecule has 0 saturated carbocycles. The third-order valence-electron chi connectivity index (χ3n) is 3.64. The molecule has 1 saturated heterocycles. The fraction of sp³-hybridized carbons (Fsp3) is 0.600. The summed E-state index contributed by atoms with van der Waals surface area (Å²) in [7, 11) is 0. The normalized spacial score (nSPS) is 18.5. The Labute approximate surface area is 115 Å². The molecule has 1 N–H and O–H groups in total. The van der Waals surface area contributed by atoms with E-state index in [-0.39, 0.29) is 5.91 Å². The smallest absolute Gasteiger partial charge is 0.223 e. The molecule has 4 nitrogen and oxygen atoms in total. The fourth-order valence-electron chi connectivity index (χ4n) is 2.60. The molecule has 1 aromatic rings. The van der Waals surface area contributed by atoms with Gasteiger partial charge in [0.05, 0.1) is 0 Å². The highest BCUT2D eigenvalue weighted by Crippen LogP contribution is 2.12. The Morgan fingerprint density at radius 2 is 2.26 bits per heavy atom. The third kappa shape index (κ3) is 4.03. The molecule has 0 aromatic carbocycles. The molecule has 104 valence electrons. The molecule has 0 spiro atoms. The Morgan fingerprint density at radius 1 is 1.47 bits per heavy atom. The van der Waals surface area contributed by atoms with Crippen LogP contribution < -0.4 is 5.32 Å². The van der Waals surface area contributed by atoms with Gasteiger partial charge in [-0.3, -0.25) is 9.78 Å². The second kappa shape index (κ2) is 7.24. The Bertz CT molecular complexity index is 388. The van der Waals surface area contributed by atoms with Crippen molar-refractivity contribution >= 4 is 5.91 Å². The summed E-state index contributed by atoms with van der Waals surface area (Å²) in [6, 6.07) is 4.35. The van der Waals surface area contributed by atoms with Crippen LogP contribution in [-0.4, -0.2) is 41.5 Å². The van der Waals surface area contributed by atoms with Crippen molar-refractivity contribution in [3.8, 4) is 0 Å². The van der Waals surface area contributed by atoms with Crippen molar-refractivity contribution in [1.29, 1.82) is 0 Å². The van der Waals surface area contributed by atoms with Gasteiger partial charge in [-0.25, -0.2) is 0 Å². The lowest BCUT2D eigenvalue weighted by molar-refractivity contribution is -0.133. The van der Waals surface area contributed by atoms with Gasteiger partial charge in [0.1, 0.15) is 0 Å². The molecular formula is C15H23N3O. The van der Waals surface area contributed by atoms with Gasteiger partial charge < -0.3 is 10.2 Å². The summed E-state index contributed by atoms with van der Waals surface area (Å²) >= 11 is 0. The SMILES string of the molecule is CCCN(C(=O)CCc1ccncc1)C1CCNC1. The second-order valence-corrected chi connectivity index (χ2v) is 5.09. The maximum atomic E-state index is 12.4. The standard InChI is InChI=1S/C15H23N3O/c1-2-11-18(14-7-10-17-12-14)15(19)4-3-13-5-8-16-9-6-13/h5-6,8-9,14,17H,2-4,7,10-12H2,1H3. The van der Waals surface area contributed by atoms with Crippen LogP contribution in [0.1, 0.15) is 31.7 Å². The van der Waals surface area contributed by atoms with Crippen molar-refractivity contribution in [1.82, 2.24) is 15.2 Å². The van der Waals surface area contributed by atoms with Crippen LogP contribution in [0, 0.1) is 0 Å². The molecule has 1 aliphatic heterocycles. The molecule has 1 unspecified atom stereocenters. The topological polar surface area (TPSA) is 45.2 Å². The third-order valence-corrected chi connectivity index (χ3v) is 3.64. The van der Waals surface area contributed by atoms with Gasteiger partial charge in [-0.15, -0.1) is 0 Å². The molecule has 0 bridgehead atoms. The lowest BCUT2D eigenvalue weighted by Gasteiger charge is -2.28. The van der Waals surface area contributed by atoms with E-state index in [9.17, 15) is 4.79 Å². The van der Waals surface area contributed by atoms with Crippen molar-refractivity contribution in [2.24, 2.45) is 0 Å².